The number of hydrogen-bond donors (Lipinski definition) is 4. The van der Waals surface area contributed by atoms with E-state index in [1.54, 1.807) is 6.92 Å². The van der Waals surface area contributed by atoms with E-state index in [1.807, 2.05) is 37.3 Å². The minimum atomic E-state index is -0.960. The van der Waals surface area contributed by atoms with Crippen LogP contribution in [0.2, 0.25) is 0 Å². The van der Waals surface area contributed by atoms with Crippen molar-refractivity contribution < 1.29 is 19.8 Å². The second-order valence-electron chi connectivity index (χ2n) is 5.75. The third kappa shape index (κ3) is 6.13. The monoisotopic (exact) mass is 308 g/mol. The number of amides is 2. The number of hydrogen-bond acceptors (Lipinski definition) is 3. The molecule has 0 radical (unpaired) electrons. The Hall–Kier alpha value is -2.08. The van der Waals surface area contributed by atoms with Gasteiger partial charge in [-0.25, -0.2) is 4.79 Å². The van der Waals surface area contributed by atoms with E-state index in [0.717, 1.165) is 5.56 Å². The van der Waals surface area contributed by atoms with Crippen LogP contribution in [0.15, 0.2) is 30.3 Å². The second kappa shape index (κ2) is 8.38. The molecule has 6 heteroatoms. The summed E-state index contributed by atoms with van der Waals surface area (Å²) in [5.74, 6) is -0.960. The smallest absolute Gasteiger partial charge is 0.314 e. The summed E-state index contributed by atoms with van der Waals surface area (Å²) in [7, 11) is 0. The summed E-state index contributed by atoms with van der Waals surface area (Å²) in [5, 5.41) is 23.7. The van der Waals surface area contributed by atoms with Crippen molar-refractivity contribution in [3.05, 3.63) is 35.9 Å². The maximum absolute atomic E-state index is 11.6. The molecule has 0 aliphatic rings. The molecule has 2 atom stereocenters. The largest absolute Gasteiger partial charge is 0.481 e. The Labute approximate surface area is 130 Å². The molecule has 22 heavy (non-hydrogen) atoms. The summed E-state index contributed by atoms with van der Waals surface area (Å²) in [6, 6.07) is 9.33. The van der Waals surface area contributed by atoms with Gasteiger partial charge in [0.1, 0.15) is 0 Å². The summed E-state index contributed by atoms with van der Waals surface area (Å²) < 4.78 is 0. The van der Waals surface area contributed by atoms with Crippen molar-refractivity contribution in [2.75, 3.05) is 13.1 Å². The van der Waals surface area contributed by atoms with E-state index in [2.05, 4.69) is 10.6 Å². The summed E-state index contributed by atoms with van der Waals surface area (Å²) >= 11 is 0. The number of aliphatic carboxylic acids is 1. The van der Waals surface area contributed by atoms with Crippen LogP contribution in [0, 0.1) is 5.41 Å². The average molecular weight is 308 g/mol. The number of rotatable bonds is 8. The lowest BCUT2D eigenvalue weighted by Crippen LogP contribution is -2.47. The zero-order chi connectivity index (χ0) is 16.6. The first-order valence-electron chi connectivity index (χ1n) is 7.29. The van der Waals surface area contributed by atoms with Crippen LogP contribution in [-0.2, 0) is 11.2 Å². The van der Waals surface area contributed by atoms with E-state index < -0.39 is 23.5 Å². The SMILES string of the molecule is CC(O)C(C)(CNC(=O)NCCC(=O)O)Cc1ccccc1. The lowest BCUT2D eigenvalue weighted by molar-refractivity contribution is -0.136. The first-order chi connectivity index (χ1) is 10.3. The van der Waals surface area contributed by atoms with Crippen molar-refractivity contribution >= 4 is 12.0 Å². The zero-order valence-electron chi connectivity index (χ0n) is 13.0. The van der Waals surface area contributed by atoms with Gasteiger partial charge in [0.25, 0.3) is 0 Å². The first kappa shape index (κ1) is 18.0. The van der Waals surface area contributed by atoms with Crippen LogP contribution in [-0.4, -0.2) is 41.4 Å². The van der Waals surface area contributed by atoms with Crippen molar-refractivity contribution in [1.29, 1.82) is 0 Å². The number of aliphatic hydroxyl groups is 1. The molecule has 0 aliphatic heterocycles. The summed E-state index contributed by atoms with van der Waals surface area (Å²) in [4.78, 5) is 22.0. The van der Waals surface area contributed by atoms with Crippen LogP contribution >= 0.6 is 0 Å². The van der Waals surface area contributed by atoms with Gasteiger partial charge in [-0.2, -0.15) is 0 Å². The van der Waals surface area contributed by atoms with Gasteiger partial charge in [0.15, 0.2) is 0 Å². The van der Waals surface area contributed by atoms with E-state index in [-0.39, 0.29) is 13.0 Å². The molecule has 4 N–H and O–H groups in total. The first-order valence-corrected chi connectivity index (χ1v) is 7.29. The fourth-order valence-electron chi connectivity index (χ4n) is 2.05. The normalized spacial score (nSPS) is 14.7. The number of urea groups is 1. The molecule has 6 nitrogen and oxygen atoms in total. The minimum absolute atomic E-state index is 0.0746. The fourth-order valence-corrected chi connectivity index (χ4v) is 2.05. The number of nitrogens with one attached hydrogen (secondary N) is 2. The topological polar surface area (TPSA) is 98.7 Å². The molecule has 0 saturated carbocycles. The Kier molecular flexibility index (Phi) is 6.85. The Morgan fingerprint density at radius 1 is 1.23 bits per heavy atom. The summed E-state index contributed by atoms with van der Waals surface area (Å²) in [5.41, 5.74) is 0.574. The van der Waals surface area contributed by atoms with Gasteiger partial charge >= 0.3 is 12.0 Å². The summed E-state index contributed by atoms with van der Waals surface area (Å²) in [6.07, 6.45) is -0.0986. The fraction of sp³-hybridized carbons (Fsp3) is 0.500. The summed E-state index contributed by atoms with van der Waals surface area (Å²) in [6.45, 7) is 3.97. The molecule has 122 valence electrons. The Balaban J connectivity index is 2.53. The predicted octanol–water partition coefficient (Wildman–Crippen LogP) is 1.39. The number of carboxylic acid groups (broad SMARTS) is 1. The molecule has 1 aromatic carbocycles. The van der Waals surface area contributed by atoms with Gasteiger partial charge in [-0.15, -0.1) is 0 Å². The van der Waals surface area contributed by atoms with Gasteiger partial charge in [0, 0.05) is 18.5 Å². The predicted molar refractivity (Wildman–Crippen MR) is 83.6 cm³/mol. The van der Waals surface area contributed by atoms with Gasteiger partial charge in [-0.05, 0) is 18.9 Å². The van der Waals surface area contributed by atoms with Crippen molar-refractivity contribution in [2.45, 2.75) is 32.8 Å². The van der Waals surface area contributed by atoms with Crippen molar-refractivity contribution in [1.82, 2.24) is 10.6 Å². The van der Waals surface area contributed by atoms with Crippen molar-refractivity contribution in [3.8, 4) is 0 Å². The van der Waals surface area contributed by atoms with E-state index in [9.17, 15) is 14.7 Å². The molecule has 2 unspecified atom stereocenters. The molecular weight excluding hydrogens is 284 g/mol. The molecule has 0 aliphatic carbocycles. The molecule has 0 aromatic heterocycles. The van der Waals surface area contributed by atoms with E-state index in [4.69, 9.17) is 5.11 Å². The van der Waals surface area contributed by atoms with Gasteiger partial charge < -0.3 is 20.8 Å². The van der Waals surface area contributed by atoms with Crippen molar-refractivity contribution in [2.24, 2.45) is 5.41 Å². The number of aliphatic hydroxyl groups excluding tert-OH is 1. The zero-order valence-corrected chi connectivity index (χ0v) is 13.0. The van der Waals surface area contributed by atoms with Crippen LogP contribution in [0.4, 0.5) is 4.79 Å². The number of carboxylic acids is 1. The van der Waals surface area contributed by atoms with Crippen LogP contribution in [0.3, 0.4) is 0 Å². The Morgan fingerprint density at radius 3 is 2.41 bits per heavy atom. The highest BCUT2D eigenvalue weighted by molar-refractivity contribution is 5.75. The standard InChI is InChI=1S/C16H24N2O4/c1-12(19)16(2,10-13-6-4-3-5-7-13)11-18-15(22)17-9-8-14(20)21/h3-7,12,19H,8-11H2,1-2H3,(H,20,21)(H2,17,18,22). The Bertz CT molecular complexity index is 490. The third-order valence-corrected chi connectivity index (χ3v) is 3.74. The molecule has 0 fully saturated rings. The molecule has 2 amide bonds. The molecule has 1 rings (SSSR count). The van der Waals surface area contributed by atoms with E-state index in [0.29, 0.717) is 13.0 Å². The highest BCUT2D eigenvalue weighted by Gasteiger charge is 2.30. The maximum atomic E-state index is 11.6. The molecule has 0 heterocycles. The highest BCUT2D eigenvalue weighted by atomic mass is 16.4. The molecule has 0 bridgehead atoms. The van der Waals surface area contributed by atoms with Crippen LogP contribution < -0.4 is 10.6 Å². The number of benzene rings is 1. The van der Waals surface area contributed by atoms with Crippen LogP contribution in [0.5, 0.6) is 0 Å². The quantitative estimate of drug-likeness (QED) is 0.583. The number of carbonyl (C=O) groups excluding carboxylic acids is 1. The van der Waals surface area contributed by atoms with E-state index in [1.165, 1.54) is 0 Å². The lowest BCUT2D eigenvalue weighted by atomic mass is 9.79. The second-order valence-corrected chi connectivity index (χ2v) is 5.75. The average Bonchev–Trinajstić information content (AvgIpc) is 2.45. The van der Waals surface area contributed by atoms with Crippen LogP contribution in [0.25, 0.3) is 0 Å². The highest BCUT2D eigenvalue weighted by Crippen LogP contribution is 2.26. The minimum Gasteiger partial charge on any atom is -0.481 e. The van der Waals surface area contributed by atoms with Gasteiger partial charge in [-0.1, -0.05) is 37.3 Å². The van der Waals surface area contributed by atoms with E-state index >= 15 is 0 Å². The molecular formula is C16H24N2O4. The van der Waals surface area contributed by atoms with Gasteiger partial charge in [0.2, 0.25) is 0 Å². The lowest BCUT2D eigenvalue weighted by Gasteiger charge is -2.33. The molecule has 0 saturated heterocycles. The molecule has 0 spiro atoms. The molecule has 1 aromatic rings. The van der Waals surface area contributed by atoms with Crippen molar-refractivity contribution in [3.63, 3.8) is 0 Å². The van der Waals surface area contributed by atoms with Gasteiger partial charge in [-0.3, -0.25) is 4.79 Å². The number of carbonyl (C=O) groups is 2. The third-order valence-electron chi connectivity index (χ3n) is 3.74. The Morgan fingerprint density at radius 2 is 1.86 bits per heavy atom. The maximum Gasteiger partial charge on any atom is 0.314 e. The van der Waals surface area contributed by atoms with Crippen LogP contribution in [0.1, 0.15) is 25.8 Å². The van der Waals surface area contributed by atoms with Gasteiger partial charge in [0.05, 0.1) is 12.5 Å².